The Morgan fingerprint density at radius 3 is 2.55 bits per heavy atom. The minimum absolute atomic E-state index is 0.0905. The Hall–Kier alpha value is -2.62. The van der Waals surface area contributed by atoms with Gasteiger partial charge >= 0.3 is 6.18 Å². The maximum atomic E-state index is 13.1. The lowest BCUT2D eigenvalue weighted by molar-refractivity contribution is -0.141. The van der Waals surface area contributed by atoms with Gasteiger partial charge in [0.05, 0.1) is 34.9 Å². The molecule has 6 nitrogen and oxygen atoms in total. The number of nitrogens with zero attached hydrogens (tertiary/aromatic N) is 4. The van der Waals surface area contributed by atoms with Crippen LogP contribution in [-0.2, 0) is 24.1 Å². The lowest BCUT2D eigenvalue weighted by atomic mass is 10.1. The monoisotopic (exact) mass is 523 g/mol. The van der Waals surface area contributed by atoms with Crippen molar-refractivity contribution >= 4 is 27.5 Å². The van der Waals surface area contributed by atoms with E-state index in [0.717, 1.165) is 40.3 Å². The van der Waals surface area contributed by atoms with Crippen LogP contribution in [0.2, 0.25) is 0 Å². The fourth-order valence-corrected chi connectivity index (χ4v) is 4.06. The molecular formula is C23H25BrF3N5O. The van der Waals surface area contributed by atoms with E-state index in [0.29, 0.717) is 17.9 Å². The van der Waals surface area contributed by atoms with E-state index < -0.39 is 17.8 Å². The lowest BCUT2D eigenvalue weighted by Crippen LogP contribution is -2.25. The van der Waals surface area contributed by atoms with Gasteiger partial charge in [-0.2, -0.15) is 23.4 Å². The highest BCUT2D eigenvalue weighted by atomic mass is 79.9. The van der Waals surface area contributed by atoms with Gasteiger partial charge in [-0.25, -0.2) is 0 Å². The average Bonchev–Trinajstić information content (AvgIpc) is 3.45. The minimum Gasteiger partial charge on any atom is -0.326 e. The molecule has 1 N–H and O–H groups in total. The number of nitrogens with one attached hydrogen (secondary N) is 1. The summed E-state index contributed by atoms with van der Waals surface area (Å²) in [6, 6.07) is 8.58. The van der Waals surface area contributed by atoms with Gasteiger partial charge in [-0.1, -0.05) is 19.1 Å². The number of hydrogen-bond donors (Lipinski definition) is 1. The molecule has 1 amide bonds. The van der Waals surface area contributed by atoms with Gasteiger partial charge in [0.25, 0.3) is 0 Å². The van der Waals surface area contributed by atoms with Gasteiger partial charge in [-0.05, 0) is 66.4 Å². The number of hydrogen-bond acceptors (Lipinski definition) is 3. The normalized spacial score (nSPS) is 15.0. The number of carbonyl (C=O) groups excluding carboxylic acids is 1. The molecule has 176 valence electrons. The van der Waals surface area contributed by atoms with Crippen molar-refractivity contribution in [1.82, 2.24) is 19.6 Å². The predicted octanol–water partition coefficient (Wildman–Crippen LogP) is 5.68. The van der Waals surface area contributed by atoms with Crippen molar-refractivity contribution in [2.24, 2.45) is 5.92 Å². The molecule has 1 unspecified atom stereocenters. The summed E-state index contributed by atoms with van der Waals surface area (Å²) in [7, 11) is 0. The molecule has 1 aliphatic carbocycles. The second-order valence-corrected chi connectivity index (χ2v) is 9.43. The van der Waals surface area contributed by atoms with Gasteiger partial charge in [0.2, 0.25) is 5.91 Å². The van der Waals surface area contributed by atoms with E-state index in [1.807, 2.05) is 36.7 Å². The minimum atomic E-state index is -4.50. The van der Waals surface area contributed by atoms with E-state index in [9.17, 15) is 18.0 Å². The van der Waals surface area contributed by atoms with Gasteiger partial charge in [0, 0.05) is 17.3 Å². The average molecular weight is 524 g/mol. The van der Waals surface area contributed by atoms with Crippen LogP contribution in [0.4, 0.5) is 18.9 Å². The summed E-state index contributed by atoms with van der Waals surface area (Å²) < 4.78 is 43.6. The largest absolute Gasteiger partial charge is 0.435 e. The van der Waals surface area contributed by atoms with Crippen LogP contribution < -0.4 is 5.32 Å². The molecule has 1 saturated carbocycles. The molecule has 0 radical (unpaired) electrons. The van der Waals surface area contributed by atoms with Crippen molar-refractivity contribution in [3.63, 3.8) is 0 Å². The van der Waals surface area contributed by atoms with Crippen molar-refractivity contribution in [1.29, 1.82) is 0 Å². The zero-order valence-electron chi connectivity index (χ0n) is 18.6. The summed E-state index contributed by atoms with van der Waals surface area (Å²) in [5.74, 6) is -0.735. The van der Waals surface area contributed by atoms with Crippen LogP contribution in [0.1, 0.15) is 54.0 Å². The molecule has 1 aliphatic rings. The number of anilines is 1. The standard InChI is InChI=1S/C23H25BrF3N5O/c1-13(11-32-19(17-7-8-17)10-20(30-32)23(25,26)27)22(33)28-18-6-4-5-16(9-18)12-31-15(3)21(24)14(2)29-31/h4-6,9-10,13,17H,7-8,11-12H2,1-3H3,(H,28,33). The SMILES string of the molecule is Cc1nn(Cc2cccc(NC(=O)C(C)Cn3nc(C(F)(F)F)cc3C3CC3)c2)c(C)c1Br. The maximum Gasteiger partial charge on any atom is 0.435 e. The summed E-state index contributed by atoms with van der Waals surface area (Å²) in [4.78, 5) is 12.8. The van der Waals surface area contributed by atoms with Gasteiger partial charge in [0.1, 0.15) is 0 Å². The second kappa shape index (κ2) is 8.96. The van der Waals surface area contributed by atoms with Crippen molar-refractivity contribution in [2.75, 3.05) is 5.32 Å². The number of amides is 1. The van der Waals surface area contributed by atoms with Crippen LogP contribution >= 0.6 is 15.9 Å². The van der Waals surface area contributed by atoms with Crippen LogP contribution in [0.5, 0.6) is 0 Å². The number of aromatic nitrogens is 4. The first-order valence-electron chi connectivity index (χ1n) is 10.8. The molecule has 2 aromatic heterocycles. The number of halogens is 4. The van der Waals surface area contributed by atoms with E-state index in [1.165, 1.54) is 4.68 Å². The molecule has 3 aromatic rings. The Balaban J connectivity index is 1.44. The number of alkyl halides is 3. The summed E-state index contributed by atoms with van der Waals surface area (Å²) in [6.45, 7) is 6.24. The Labute approximate surface area is 198 Å². The van der Waals surface area contributed by atoms with Crippen molar-refractivity contribution in [3.8, 4) is 0 Å². The highest BCUT2D eigenvalue weighted by Gasteiger charge is 2.38. The Bertz CT molecular complexity index is 1180. The van der Waals surface area contributed by atoms with Gasteiger partial charge in [-0.15, -0.1) is 0 Å². The topological polar surface area (TPSA) is 64.7 Å². The van der Waals surface area contributed by atoms with E-state index in [4.69, 9.17) is 0 Å². The third-order valence-electron chi connectivity index (χ3n) is 5.81. The lowest BCUT2D eigenvalue weighted by Gasteiger charge is -2.15. The van der Waals surface area contributed by atoms with E-state index in [2.05, 4.69) is 31.4 Å². The zero-order valence-corrected chi connectivity index (χ0v) is 20.2. The third kappa shape index (κ3) is 5.31. The summed E-state index contributed by atoms with van der Waals surface area (Å²) in [5, 5.41) is 11.1. The molecule has 2 heterocycles. The molecule has 0 spiro atoms. The summed E-state index contributed by atoms with van der Waals surface area (Å²) >= 11 is 3.52. The summed E-state index contributed by atoms with van der Waals surface area (Å²) in [6.07, 6.45) is -2.80. The molecule has 1 fully saturated rings. The quantitative estimate of drug-likeness (QED) is 0.433. The van der Waals surface area contributed by atoms with E-state index in [1.54, 1.807) is 13.0 Å². The molecule has 1 atom stereocenters. The Morgan fingerprint density at radius 2 is 1.94 bits per heavy atom. The fourth-order valence-electron chi connectivity index (χ4n) is 3.78. The van der Waals surface area contributed by atoms with Crippen LogP contribution in [0, 0.1) is 19.8 Å². The predicted molar refractivity (Wildman–Crippen MR) is 122 cm³/mol. The molecule has 33 heavy (non-hydrogen) atoms. The second-order valence-electron chi connectivity index (χ2n) is 8.64. The van der Waals surface area contributed by atoms with Crippen molar-refractivity contribution in [3.05, 3.63) is 63.1 Å². The molecule has 10 heteroatoms. The molecule has 0 aliphatic heterocycles. The molecular weight excluding hydrogens is 499 g/mol. The smallest absolute Gasteiger partial charge is 0.326 e. The first-order chi connectivity index (χ1) is 15.5. The van der Waals surface area contributed by atoms with Gasteiger partial charge in [-0.3, -0.25) is 14.2 Å². The fraction of sp³-hybridized carbons (Fsp3) is 0.435. The van der Waals surface area contributed by atoms with Crippen LogP contribution in [0.3, 0.4) is 0 Å². The highest BCUT2D eigenvalue weighted by molar-refractivity contribution is 9.10. The van der Waals surface area contributed by atoms with E-state index >= 15 is 0 Å². The molecule has 0 bridgehead atoms. The van der Waals surface area contributed by atoms with Crippen LogP contribution in [0.15, 0.2) is 34.8 Å². The summed E-state index contributed by atoms with van der Waals surface area (Å²) in [5.41, 5.74) is 3.17. The van der Waals surface area contributed by atoms with Crippen molar-refractivity contribution < 1.29 is 18.0 Å². The van der Waals surface area contributed by atoms with E-state index in [-0.39, 0.29) is 18.4 Å². The first kappa shape index (κ1) is 23.5. The van der Waals surface area contributed by atoms with Crippen molar-refractivity contribution in [2.45, 2.75) is 58.8 Å². The first-order valence-corrected chi connectivity index (χ1v) is 11.6. The number of aryl methyl sites for hydroxylation is 1. The van der Waals surface area contributed by atoms with Gasteiger partial charge in [0.15, 0.2) is 5.69 Å². The third-order valence-corrected chi connectivity index (χ3v) is 6.96. The number of carbonyl (C=O) groups is 1. The van der Waals surface area contributed by atoms with Crippen LogP contribution in [-0.4, -0.2) is 25.5 Å². The Morgan fingerprint density at radius 1 is 1.21 bits per heavy atom. The van der Waals surface area contributed by atoms with Crippen LogP contribution in [0.25, 0.3) is 0 Å². The highest BCUT2D eigenvalue weighted by Crippen LogP contribution is 2.42. The molecule has 0 saturated heterocycles. The molecule has 4 rings (SSSR count). The maximum absolute atomic E-state index is 13.1. The van der Waals surface area contributed by atoms with Gasteiger partial charge < -0.3 is 5.32 Å². The zero-order chi connectivity index (χ0) is 23.9. The molecule has 1 aromatic carbocycles. The number of benzene rings is 1. The number of rotatable bonds is 7. The Kier molecular flexibility index (Phi) is 6.39.